The Hall–Kier alpha value is -2.67. The van der Waals surface area contributed by atoms with Crippen molar-refractivity contribution in [1.82, 2.24) is 16.0 Å². The summed E-state index contributed by atoms with van der Waals surface area (Å²) in [4.78, 5) is 36.9. The SMILES string of the molecule is CC(=O)NC1C(O)[C@H](O[C@@H]2OC(CO)[C@H](O)C(O)[C@@H]2O)[C@H](CO)O[C@H]1O[C@@H]1C(O)[C@H](O)C(CO)O[C@@H]1OCC1O[C@@H](O[C@@H]2C(CO)O[C@@H](O[C@@H]3C(CO)O[C@@H](C)[C@@H](NC(C)=O)C3O)[C@@H](NC(C)=O)C2O)[C@H](O)C(O)[C@@H]1O. The predicted molar refractivity (Wildman–Crippen MR) is 237 cm³/mol. The van der Waals surface area contributed by atoms with Crippen LogP contribution in [0.15, 0.2) is 0 Å². The molecule has 0 aromatic heterocycles. The average Bonchev–Trinajstić information content (AvgIpc) is 3.38. The monoisotopic (exact) mass is 1110 g/mol. The second kappa shape index (κ2) is 27.2. The first-order valence-corrected chi connectivity index (χ1v) is 24.4. The summed E-state index contributed by atoms with van der Waals surface area (Å²) < 4.78 is 63.9. The molecule has 0 aromatic carbocycles. The van der Waals surface area contributed by atoms with Crippen molar-refractivity contribution in [3.8, 4) is 0 Å². The maximum atomic E-state index is 12.5. The summed E-state index contributed by atoms with van der Waals surface area (Å²) in [6.45, 7) is -0.577. The standard InChI is InChI=1S/C43H73N3O30/c1-11-21(44-12(2)52)27(58)35(17(7-49)67-11)73-39-22(45-13(3)53)28(59)37(18(8-50)70-39)75-42-34(65)31(62)26(57)20(72-42)10-66-43-38(32(63)25(56)16(6-48)69-43)76-40-23(46-14(4)54)29(60)36(19(9-51)71-40)74-41-33(64)30(61)24(55)15(5-47)68-41/h11,15-43,47-51,55-65H,5-10H2,1-4H3,(H,44,52)(H,45,53)(H,46,54)/t11-,15?,16?,17?,18?,19-,20?,21+,22-,23?,24-,25+,26+,27?,28?,29?,30?,31?,32?,33-,34+,35+,36+,37+,38+,39-,40-,41-,42-,43-/m0/s1. The lowest BCUT2D eigenvalue weighted by Gasteiger charge is -2.50. The zero-order valence-electron chi connectivity index (χ0n) is 41.4. The molecule has 0 aromatic rings. The third kappa shape index (κ3) is 13.7. The number of carbonyl (C=O) groups is 3. The topological polar surface area (TPSA) is 513 Å². The number of aliphatic hydroxyl groups excluding tert-OH is 16. The number of amides is 3. The minimum absolute atomic E-state index is 0.542. The van der Waals surface area contributed by atoms with Crippen LogP contribution in [0.4, 0.5) is 0 Å². The van der Waals surface area contributed by atoms with Crippen LogP contribution in [0.2, 0.25) is 0 Å². The van der Waals surface area contributed by atoms with E-state index in [0.29, 0.717) is 0 Å². The van der Waals surface area contributed by atoms with Crippen molar-refractivity contribution in [3.63, 3.8) is 0 Å². The van der Waals surface area contributed by atoms with Crippen LogP contribution in [0, 0.1) is 0 Å². The minimum atomic E-state index is -2.13. The lowest BCUT2D eigenvalue weighted by atomic mass is 9.92. The van der Waals surface area contributed by atoms with Crippen LogP contribution in [0.1, 0.15) is 27.7 Å². The van der Waals surface area contributed by atoms with Gasteiger partial charge in [0.1, 0.15) is 140 Å². The smallest absolute Gasteiger partial charge is 0.217 e. The molecule has 6 heterocycles. The van der Waals surface area contributed by atoms with Gasteiger partial charge in [-0.3, -0.25) is 14.4 Å². The molecule has 76 heavy (non-hydrogen) atoms. The molecule has 6 fully saturated rings. The Kier molecular flexibility index (Phi) is 22.4. The van der Waals surface area contributed by atoms with E-state index in [1.165, 1.54) is 13.8 Å². The maximum Gasteiger partial charge on any atom is 0.217 e. The van der Waals surface area contributed by atoms with Crippen LogP contribution in [0.3, 0.4) is 0 Å². The number of ether oxygens (including phenoxy) is 11. The van der Waals surface area contributed by atoms with Gasteiger partial charge in [0.15, 0.2) is 31.5 Å². The number of hydrogen-bond acceptors (Lipinski definition) is 30. The summed E-state index contributed by atoms with van der Waals surface area (Å²) >= 11 is 0. The molecule has 0 saturated carbocycles. The number of nitrogens with one attached hydrogen (secondary N) is 3. The van der Waals surface area contributed by atoms with Crippen molar-refractivity contribution in [2.75, 3.05) is 39.6 Å². The molecule has 0 spiro atoms. The molecule has 6 aliphatic heterocycles. The molecule has 6 rings (SSSR count). The lowest BCUT2D eigenvalue weighted by molar-refractivity contribution is -0.379. The van der Waals surface area contributed by atoms with Crippen LogP contribution >= 0.6 is 0 Å². The van der Waals surface area contributed by atoms with E-state index in [1.54, 1.807) is 0 Å². The van der Waals surface area contributed by atoms with Crippen molar-refractivity contribution < 1.29 is 148 Å². The molecule has 0 radical (unpaired) electrons. The van der Waals surface area contributed by atoms with Crippen LogP contribution < -0.4 is 16.0 Å². The Morgan fingerprint density at radius 1 is 0.355 bits per heavy atom. The van der Waals surface area contributed by atoms with Gasteiger partial charge in [-0.25, -0.2) is 0 Å². The second-order valence-electron chi connectivity index (χ2n) is 19.3. The molecule has 30 atom stereocenters. The molecular weight excluding hydrogens is 1040 g/mol. The van der Waals surface area contributed by atoms with Crippen LogP contribution in [-0.2, 0) is 66.5 Å². The quantitative estimate of drug-likeness (QED) is 0.0571. The molecular formula is C43H73N3O30. The van der Waals surface area contributed by atoms with E-state index in [4.69, 9.17) is 52.1 Å². The summed E-state index contributed by atoms with van der Waals surface area (Å²) in [5.41, 5.74) is 0. The number of rotatable bonds is 19. The molecule has 0 aliphatic carbocycles. The van der Waals surface area contributed by atoms with E-state index >= 15 is 0 Å². The van der Waals surface area contributed by atoms with Gasteiger partial charge in [-0.1, -0.05) is 0 Å². The molecule has 33 heteroatoms. The lowest BCUT2D eigenvalue weighted by Crippen LogP contribution is -2.70. The van der Waals surface area contributed by atoms with E-state index < -0.39 is 241 Å². The van der Waals surface area contributed by atoms with Gasteiger partial charge >= 0.3 is 0 Å². The van der Waals surface area contributed by atoms with Crippen LogP contribution in [0.25, 0.3) is 0 Å². The van der Waals surface area contributed by atoms with Crippen molar-refractivity contribution in [1.29, 1.82) is 0 Å². The summed E-state index contributed by atoms with van der Waals surface area (Å²) in [5, 5.41) is 179. The first kappa shape index (κ1) is 62.5. The third-order valence-electron chi connectivity index (χ3n) is 13.9. The van der Waals surface area contributed by atoms with Crippen molar-refractivity contribution >= 4 is 17.7 Å². The van der Waals surface area contributed by atoms with Gasteiger partial charge in [-0.05, 0) is 6.92 Å². The van der Waals surface area contributed by atoms with Gasteiger partial charge < -0.3 is 150 Å². The van der Waals surface area contributed by atoms with Gasteiger partial charge in [0, 0.05) is 20.8 Å². The maximum absolute atomic E-state index is 12.5. The summed E-state index contributed by atoms with van der Waals surface area (Å²) in [6.07, 6.45) is -48.2. The Bertz CT molecular complexity index is 1870. The zero-order valence-corrected chi connectivity index (χ0v) is 41.4. The Morgan fingerprint density at radius 3 is 1.09 bits per heavy atom. The van der Waals surface area contributed by atoms with E-state index in [0.717, 1.165) is 13.8 Å². The number of aliphatic hydroxyl groups is 16. The minimum Gasteiger partial charge on any atom is -0.394 e. The fraction of sp³-hybridized carbons (Fsp3) is 0.930. The molecule has 0 bridgehead atoms. The fourth-order valence-corrected chi connectivity index (χ4v) is 9.86. The van der Waals surface area contributed by atoms with Crippen LogP contribution in [0.5, 0.6) is 0 Å². The number of hydrogen-bond donors (Lipinski definition) is 19. The molecule has 6 saturated heterocycles. The molecule has 19 N–H and O–H groups in total. The third-order valence-corrected chi connectivity index (χ3v) is 13.9. The van der Waals surface area contributed by atoms with Crippen molar-refractivity contribution in [2.24, 2.45) is 0 Å². The van der Waals surface area contributed by atoms with E-state index in [1.807, 2.05) is 0 Å². The normalized spacial score (nSPS) is 48.2. The van der Waals surface area contributed by atoms with Crippen molar-refractivity contribution in [3.05, 3.63) is 0 Å². The summed E-state index contributed by atoms with van der Waals surface area (Å²) in [6, 6.07) is -4.42. The molecule has 3 amide bonds. The molecule has 33 nitrogen and oxygen atoms in total. The molecule has 12 unspecified atom stereocenters. The molecule has 440 valence electrons. The highest BCUT2D eigenvalue weighted by Gasteiger charge is 2.57. The Balaban J connectivity index is 1.19. The Morgan fingerprint density at radius 2 is 0.671 bits per heavy atom. The fourth-order valence-electron chi connectivity index (χ4n) is 9.86. The molecule has 6 aliphatic rings. The number of carbonyl (C=O) groups excluding carboxylic acids is 3. The van der Waals surface area contributed by atoms with Crippen LogP contribution in [-0.4, -0.2) is 323 Å². The Labute approximate surface area is 432 Å². The van der Waals surface area contributed by atoms with Gasteiger partial charge in [-0.2, -0.15) is 0 Å². The first-order chi connectivity index (χ1) is 35.9. The zero-order chi connectivity index (χ0) is 56.2. The van der Waals surface area contributed by atoms with E-state index in [2.05, 4.69) is 16.0 Å². The van der Waals surface area contributed by atoms with Gasteiger partial charge in [0.25, 0.3) is 0 Å². The predicted octanol–water partition coefficient (Wildman–Crippen LogP) is -12.6. The second-order valence-corrected chi connectivity index (χ2v) is 19.3. The van der Waals surface area contributed by atoms with E-state index in [9.17, 15) is 96.1 Å². The van der Waals surface area contributed by atoms with Gasteiger partial charge in [0.2, 0.25) is 17.7 Å². The highest BCUT2D eigenvalue weighted by molar-refractivity contribution is 5.74. The summed E-state index contributed by atoms with van der Waals surface area (Å²) in [5.74, 6) is -2.13. The highest BCUT2D eigenvalue weighted by atomic mass is 16.8. The van der Waals surface area contributed by atoms with Gasteiger partial charge in [-0.15, -0.1) is 0 Å². The average molecular weight is 1110 g/mol. The highest BCUT2D eigenvalue weighted by Crippen LogP contribution is 2.36. The summed E-state index contributed by atoms with van der Waals surface area (Å²) in [7, 11) is 0. The van der Waals surface area contributed by atoms with Gasteiger partial charge in [0.05, 0.1) is 51.8 Å². The van der Waals surface area contributed by atoms with E-state index in [-0.39, 0.29) is 0 Å². The van der Waals surface area contributed by atoms with Crippen molar-refractivity contribution in [2.45, 2.75) is 212 Å². The first-order valence-electron chi connectivity index (χ1n) is 24.4. The largest absolute Gasteiger partial charge is 0.394 e.